The zero-order valence-electron chi connectivity index (χ0n) is 19.2. The summed E-state index contributed by atoms with van der Waals surface area (Å²) in [6.45, 7) is 4.43. The number of nitrogens with zero attached hydrogens (tertiary/aromatic N) is 1. The average molecular weight is 464 g/mol. The number of fused-ring (bicyclic) bond motifs is 1. The summed E-state index contributed by atoms with van der Waals surface area (Å²) in [5.41, 5.74) is 1.26. The molecule has 3 rings (SSSR count). The third kappa shape index (κ3) is 5.09. The lowest BCUT2D eigenvalue weighted by atomic mass is 9.79. The van der Waals surface area contributed by atoms with Crippen LogP contribution in [0.1, 0.15) is 57.9 Å². The summed E-state index contributed by atoms with van der Waals surface area (Å²) in [6.07, 6.45) is 5.46. The highest BCUT2D eigenvalue weighted by atomic mass is 32.2. The monoisotopic (exact) mass is 463 g/mol. The van der Waals surface area contributed by atoms with Crippen LogP contribution in [0.4, 0.5) is 15.8 Å². The molecule has 5 nitrogen and oxygen atoms in total. The fourth-order valence-electron chi connectivity index (χ4n) is 4.69. The molecule has 0 aliphatic carbocycles. The van der Waals surface area contributed by atoms with E-state index < -0.39 is 15.3 Å². The van der Waals surface area contributed by atoms with Gasteiger partial charge in [0.25, 0.3) is 0 Å². The Bertz CT molecular complexity index is 1010. The van der Waals surface area contributed by atoms with E-state index in [1.165, 1.54) is 25.3 Å². The summed E-state index contributed by atoms with van der Waals surface area (Å²) in [5.74, 6) is 0.151. The van der Waals surface area contributed by atoms with Gasteiger partial charge in [-0.1, -0.05) is 39.5 Å². The van der Waals surface area contributed by atoms with E-state index in [2.05, 4.69) is 13.8 Å². The summed E-state index contributed by atoms with van der Waals surface area (Å²) in [7, 11) is -2.13. The van der Waals surface area contributed by atoms with Crippen LogP contribution in [-0.4, -0.2) is 32.9 Å². The van der Waals surface area contributed by atoms with E-state index in [-0.39, 0.29) is 23.1 Å². The minimum absolute atomic E-state index is 0.0574. The van der Waals surface area contributed by atoms with Crippen LogP contribution in [0, 0.1) is 11.2 Å². The Morgan fingerprint density at radius 3 is 2.25 bits per heavy atom. The van der Waals surface area contributed by atoms with E-state index in [1.807, 2.05) is 4.90 Å². The standard InChI is InChI=1S/C25H34FNO4S/c1-4-6-12-25(13-7-5-2)17-27(21-10-8-20(26)9-11-21)22-15-23(31-3)19(16-28)14-24(22)32(29,30)18-25/h8-11,14-15,28H,4-7,12-13,16-18H2,1-3H3. The highest BCUT2D eigenvalue weighted by Crippen LogP contribution is 2.46. The Morgan fingerprint density at radius 2 is 1.72 bits per heavy atom. The average Bonchev–Trinajstić information content (AvgIpc) is 2.88. The molecule has 0 unspecified atom stereocenters. The second-order valence-corrected chi connectivity index (χ2v) is 10.8. The first-order valence-corrected chi connectivity index (χ1v) is 13.0. The zero-order chi connectivity index (χ0) is 23.4. The number of benzene rings is 2. The molecule has 1 N–H and O–H groups in total. The molecule has 0 spiro atoms. The highest BCUT2D eigenvalue weighted by Gasteiger charge is 2.42. The van der Waals surface area contributed by atoms with Crippen LogP contribution < -0.4 is 9.64 Å². The molecule has 7 heteroatoms. The molecule has 0 aromatic heterocycles. The van der Waals surface area contributed by atoms with Crippen LogP contribution in [0.15, 0.2) is 41.3 Å². The number of hydrogen-bond acceptors (Lipinski definition) is 5. The summed E-state index contributed by atoms with van der Waals surface area (Å²) in [5, 5.41) is 9.81. The third-order valence-corrected chi connectivity index (χ3v) is 8.40. The third-order valence-electron chi connectivity index (χ3n) is 6.41. The fourth-order valence-corrected chi connectivity index (χ4v) is 6.85. The van der Waals surface area contributed by atoms with Gasteiger partial charge >= 0.3 is 0 Å². The van der Waals surface area contributed by atoms with E-state index in [1.54, 1.807) is 18.2 Å². The number of rotatable bonds is 9. The van der Waals surface area contributed by atoms with Crippen molar-refractivity contribution in [3.8, 4) is 5.75 Å². The first kappa shape index (κ1) is 24.5. The van der Waals surface area contributed by atoms with Gasteiger partial charge in [-0.05, 0) is 43.2 Å². The molecule has 32 heavy (non-hydrogen) atoms. The second-order valence-electron chi connectivity index (χ2n) is 8.82. The number of unbranched alkanes of at least 4 members (excludes halogenated alkanes) is 2. The fraction of sp³-hybridized carbons (Fsp3) is 0.520. The predicted octanol–water partition coefficient (Wildman–Crippen LogP) is 5.62. The van der Waals surface area contributed by atoms with Crippen molar-refractivity contribution in [2.24, 2.45) is 5.41 Å². The molecule has 0 saturated carbocycles. The summed E-state index contributed by atoms with van der Waals surface area (Å²) < 4.78 is 46.6. The molecule has 1 aliphatic rings. The number of sulfone groups is 1. The van der Waals surface area contributed by atoms with Crippen LogP contribution in [0.3, 0.4) is 0 Å². The number of anilines is 2. The summed E-state index contributed by atoms with van der Waals surface area (Å²) >= 11 is 0. The molecule has 0 bridgehead atoms. The van der Waals surface area contributed by atoms with Gasteiger partial charge in [0.15, 0.2) is 9.84 Å². The van der Waals surface area contributed by atoms with E-state index in [0.717, 1.165) is 44.2 Å². The van der Waals surface area contributed by atoms with Crippen LogP contribution >= 0.6 is 0 Å². The molecule has 1 aliphatic heterocycles. The highest BCUT2D eigenvalue weighted by molar-refractivity contribution is 7.91. The van der Waals surface area contributed by atoms with Crippen molar-refractivity contribution in [3.63, 3.8) is 0 Å². The lowest BCUT2D eigenvalue weighted by Gasteiger charge is -2.37. The smallest absolute Gasteiger partial charge is 0.181 e. The molecule has 2 aromatic carbocycles. The Kier molecular flexibility index (Phi) is 7.83. The SMILES string of the molecule is CCCCC1(CCCC)CN(c2ccc(F)cc2)c2cc(OC)c(CO)cc2S(=O)(=O)C1. The van der Waals surface area contributed by atoms with Crippen LogP contribution in [-0.2, 0) is 16.4 Å². The molecule has 0 atom stereocenters. The number of aliphatic hydroxyl groups is 1. The molecular weight excluding hydrogens is 429 g/mol. The van der Waals surface area contributed by atoms with Gasteiger partial charge in [0, 0.05) is 29.3 Å². The van der Waals surface area contributed by atoms with Gasteiger partial charge < -0.3 is 14.7 Å². The Hall–Kier alpha value is -2.12. The second kappa shape index (κ2) is 10.2. The van der Waals surface area contributed by atoms with E-state index in [0.29, 0.717) is 23.5 Å². The molecule has 1 heterocycles. The van der Waals surface area contributed by atoms with Gasteiger partial charge in [0.2, 0.25) is 0 Å². The molecular formula is C25H34FNO4S. The van der Waals surface area contributed by atoms with Crippen LogP contribution in [0.25, 0.3) is 0 Å². The van der Waals surface area contributed by atoms with Gasteiger partial charge in [-0.25, -0.2) is 12.8 Å². The minimum atomic E-state index is -3.64. The Balaban J connectivity index is 2.26. The maximum atomic E-state index is 13.7. The van der Waals surface area contributed by atoms with E-state index in [4.69, 9.17) is 4.74 Å². The number of aliphatic hydroxyl groups excluding tert-OH is 1. The van der Waals surface area contributed by atoms with Gasteiger partial charge in [0.05, 0.1) is 30.1 Å². The van der Waals surface area contributed by atoms with Crippen molar-refractivity contribution < 1.29 is 22.7 Å². The normalized spacial score (nSPS) is 17.0. The largest absolute Gasteiger partial charge is 0.496 e. The summed E-state index contributed by atoms with van der Waals surface area (Å²) in [6, 6.07) is 9.40. The molecule has 0 saturated heterocycles. The molecule has 0 amide bonds. The lowest BCUT2D eigenvalue weighted by Crippen LogP contribution is -2.38. The van der Waals surface area contributed by atoms with Crippen molar-refractivity contribution in [2.75, 3.05) is 24.3 Å². The maximum Gasteiger partial charge on any atom is 0.181 e. The first-order valence-electron chi connectivity index (χ1n) is 11.4. The van der Waals surface area contributed by atoms with Crippen molar-refractivity contribution in [2.45, 2.75) is 63.9 Å². The molecule has 0 fully saturated rings. The molecule has 2 aromatic rings. The van der Waals surface area contributed by atoms with Crippen molar-refractivity contribution in [1.82, 2.24) is 0 Å². The van der Waals surface area contributed by atoms with Gasteiger partial charge in [-0.3, -0.25) is 0 Å². The van der Waals surface area contributed by atoms with Crippen LogP contribution in [0.2, 0.25) is 0 Å². The summed E-state index contributed by atoms with van der Waals surface area (Å²) in [4.78, 5) is 2.19. The van der Waals surface area contributed by atoms with Gasteiger partial charge in [0.1, 0.15) is 11.6 Å². The van der Waals surface area contributed by atoms with Gasteiger partial charge in [-0.2, -0.15) is 0 Å². The Labute approximate surface area is 191 Å². The topological polar surface area (TPSA) is 66.8 Å². The van der Waals surface area contributed by atoms with Crippen LogP contribution in [0.5, 0.6) is 5.75 Å². The Morgan fingerprint density at radius 1 is 1.09 bits per heavy atom. The predicted molar refractivity (Wildman–Crippen MR) is 126 cm³/mol. The van der Waals surface area contributed by atoms with Crippen molar-refractivity contribution >= 4 is 21.2 Å². The molecule has 176 valence electrons. The minimum Gasteiger partial charge on any atom is -0.496 e. The first-order chi connectivity index (χ1) is 15.3. The zero-order valence-corrected chi connectivity index (χ0v) is 20.0. The van der Waals surface area contributed by atoms with E-state index in [9.17, 15) is 17.9 Å². The van der Waals surface area contributed by atoms with Gasteiger partial charge in [-0.15, -0.1) is 0 Å². The van der Waals surface area contributed by atoms with Crippen molar-refractivity contribution in [1.29, 1.82) is 0 Å². The lowest BCUT2D eigenvalue weighted by molar-refractivity contribution is 0.270. The molecule has 0 radical (unpaired) electrons. The van der Waals surface area contributed by atoms with E-state index >= 15 is 0 Å². The number of hydrogen-bond donors (Lipinski definition) is 1. The quantitative estimate of drug-likeness (QED) is 0.523. The maximum absolute atomic E-state index is 13.7. The number of halogens is 1. The number of ether oxygens (including phenoxy) is 1. The number of methoxy groups -OCH3 is 1. The van der Waals surface area contributed by atoms with Crippen molar-refractivity contribution in [3.05, 3.63) is 47.8 Å².